The second-order valence-electron chi connectivity index (χ2n) is 14.3. The Kier molecular flexibility index (Phi) is 4.99. The summed E-state index contributed by atoms with van der Waals surface area (Å²) in [7, 11) is 0. The van der Waals surface area contributed by atoms with Crippen molar-refractivity contribution < 1.29 is 17.8 Å². The van der Waals surface area contributed by atoms with E-state index in [2.05, 4.69) is 53.3 Å². The predicted molar refractivity (Wildman–Crippen MR) is 246 cm³/mol. The van der Waals surface area contributed by atoms with Crippen molar-refractivity contribution in [3.8, 4) is 33.6 Å². The zero-order valence-corrected chi connectivity index (χ0v) is 30.7. The van der Waals surface area contributed by atoms with Gasteiger partial charge in [-0.1, -0.05) is 169 Å². The van der Waals surface area contributed by atoms with Crippen LogP contribution in [0, 0.1) is 0 Å². The quantitative estimate of drug-likeness (QED) is 0.160. The van der Waals surface area contributed by atoms with Gasteiger partial charge in [0.1, 0.15) is 0 Å². The van der Waals surface area contributed by atoms with Gasteiger partial charge < -0.3 is 13.9 Å². The lowest BCUT2D eigenvalue weighted by molar-refractivity contribution is 1.16. The number of nitrogens with zero attached hydrogens (tertiary/aromatic N) is 3. The van der Waals surface area contributed by atoms with Crippen LogP contribution in [-0.4, -0.2) is 16.0 Å². The smallest absolute Gasteiger partial charge is 0.328 e. The second-order valence-corrected chi connectivity index (χ2v) is 14.3. The van der Waals surface area contributed by atoms with E-state index in [-0.39, 0.29) is 46.3 Å². The third kappa shape index (κ3) is 4.88. The Morgan fingerprint density at radius 2 is 1.03 bits per heavy atom. The summed E-state index contributed by atoms with van der Waals surface area (Å²) >= 11 is 0. The molecule has 0 atom stereocenters. The Morgan fingerprint density at radius 3 is 1.84 bits per heavy atom. The normalized spacial score (nSPS) is 15.6. The topological polar surface area (TPSA) is 13.1 Å². The van der Waals surface area contributed by atoms with Gasteiger partial charge in [0.15, 0.2) is 0 Å². The van der Waals surface area contributed by atoms with E-state index in [4.69, 9.17) is 17.8 Å². The third-order valence-electron chi connectivity index (χ3n) is 11.3. The molecular weight excluding hydrogens is 701 g/mol. The highest BCUT2D eigenvalue weighted by atomic mass is 15.1. The van der Waals surface area contributed by atoms with Gasteiger partial charge in [-0.05, 0) is 71.1 Å². The molecule has 12 rings (SSSR count). The summed E-state index contributed by atoms with van der Waals surface area (Å²) in [5.41, 5.74) is 8.71. The van der Waals surface area contributed by atoms with E-state index in [1.165, 1.54) is 4.57 Å². The number of anilines is 2. The fourth-order valence-electron chi connectivity index (χ4n) is 8.93. The van der Waals surface area contributed by atoms with Gasteiger partial charge in [0.05, 0.1) is 39.9 Å². The molecule has 9 aromatic carbocycles. The predicted octanol–water partition coefficient (Wildman–Crippen LogP) is 12.5. The van der Waals surface area contributed by atoms with Crippen molar-refractivity contribution in [3.05, 3.63) is 218 Å². The Morgan fingerprint density at radius 1 is 0.397 bits per heavy atom. The van der Waals surface area contributed by atoms with Crippen molar-refractivity contribution in [2.75, 3.05) is 4.81 Å². The molecule has 0 saturated heterocycles. The maximum absolute atomic E-state index is 9.16. The SMILES string of the molecule is [2H]c1c([2H])c([2H])c(-c2cccc3c4cc(-n5c6c([2H])c([2H])c([2H])c([2H])c6c6c([2H])c([2H])c([2H])c([2H])c65)ccc4n(-c4cccc(N5B(c6ccccc6)c6ccccc6-c6ccccc65)c4)c23)c([2H])c1[2H]. The number of hydrogen-bond acceptors (Lipinski definition) is 1. The zero-order chi connectivity index (χ0) is 49.5. The molecule has 0 saturated carbocycles. The maximum Gasteiger partial charge on any atom is 0.328 e. The van der Waals surface area contributed by atoms with E-state index >= 15 is 0 Å². The molecule has 0 fully saturated rings. The van der Waals surface area contributed by atoms with E-state index in [0.717, 1.165) is 33.4 Å². The molecule has 0 amide bonds. The van der Waals surface area contributed by atoms with E-state index in [1.54, 1.807) is 24.3 Å². The summed E-state index contributed by atoms with van der Waals surface area (Å²) in [6.07, 6.45) is 0. The first-order chi connectivity index (χ1) is 34.2. The van der Waals surface area contributed by atoms with Crippen LogP contribution in [0.3, 0.4) is 0 Å². The average Bonchev–Trinajstić information content (AvgIpc) is 3.94. The average molecular weight is 751 g/mol. The monoisotopic (exact) mass is 750 g/mol. The van der Waals surface area contributed by atoms with E-state index in [9.17, 15) is 0 Å². The minimum absolute atomic E-state index is 0.00197. The number of hydrogen-bond donors (Lipinski definition) is 0. The standard InChI is InChI=1S/C54H36BN3/c1-3-17-37(18-4-1)42-27-16-28-47-48-36-40(56-50-30-12-8-25-45(50)46-26-9-13-31-51(46)56)33-34-52(48)57(54(42)47)39-21-15-22-41(35-39)58-53-32-14-10-24-44(53)43-23-7-11-29-49(43)55(58)38-19-5-2-6-20-38/h1-36H/i1D,3D,4D,8D,9D,12D,13D,17D,18D,25D,26D,30D,31D. The van der Waals surface area contributed by atoms with Crippen molar-refractivity contribution in [2.24, 2.45) is 0 Å². The number of benzene rings is 9. The fraction of sp³-hybridized carbons (Fsp3) is 0. The molecule has 0 aliphatic carbocycles. The Bertz CT molecular complexity index is 4030. The van der Waals surface area contributed by atoms with Crippen LogP contribution in [-0.2, 0) is 0 Å². The molecular formula is C54H36BN3. The van der Waals surface area contributed by atoms with Crippen molar-refractivity contribution >= 4 is 72.8 Å². The molecule has 0 N–H and O–H groups in total. The third-order valence-corrected chi connectivity index (χ3v) is 11.3. The van der Waals surface area contributed by atoms with Crippen LogP contribution in [0.15, 0.2) is 218 Å². The van der Waals surface area contributed by atoms with Crippen molar-refractivity contribution in [2.45, 2.75) is 0 Å². The summed E-state index contributed by atoms with van der Waals surface area (Å²) in [5, 5.41) is 1.13. The van der Waals surface area contributed by atoms with Crippen LogP contribution >= 0.6 is 0 Å². The minimum atomic E-state index is -0.540. The van der Waals surface area contributed by atoms with E-state index < -0.39 is 66.5 Å². The Balaban J connectivity index is 1.18. The summed E-state index contributed by atoms with van der Waals surface area (Å²) in [6.45, 7) is -0.241. The first kappa shape index (κ1) is 22.3. The van der Waals surface area contributed by atoms with Gasteiger partial charge in [0, 0.05) is 55.4 Å². The van der Waals surface area contributed by atoms with Gasteiger partial charge in [-0.2, -0.15) is 0 Å². The first-order valence-electron chi connectivity index (χ1n) is 25.5. The second kappa shape index (κ2) is 13.0. The number of rotatable bonds is 5. The molecule has 4 heteroatoms. The largest absolute Gasteiger partial charge is 0.376 e. The lowest BCUT2D eigenvalue weighted by atomic mass is 9.46. The molecule has 1 aliphatic heterocycles. The molecule has 58 heavy (non-hydrogen) atoms. The van der Waals surface area contributed by atoms with Crippen LogP contribution in [0.1, 0.15) is 17.8 Å². The molecule has 11 aromatic rings. The molecule has 3 heterocycles. The van der Waals surface area contributed by atoms with Crippen molar-refractivity contribution in [1.82, 2.24) is 9.13 Å². The Labute approximate surface area is 355 Å². The number of fused-ring (bicyclic) bond motifs is 9. The zero-order valence-electron chi connectivity index (χ0n) is 43.7. The fourth-order valence-corrected chi connectivity index (χ4v) is 8.93. The molecule has 0 unspecified atom stereocenters. The van der Waals surface area contributed by atoms with E-state index in [0.29, 0.717) is 38.7 Å². The van der Waals surface area contributed by atoms with Crippen molar-refractivity contribution in [3.63, 3.8) is 0 Å². The molecule has 270 valence electrons. The number of aromatic nitrogens is 2. The molecule has 3 nitrogen and oxygen atoms in total. The highest BCUT2D eigenvalue weighted by Crippen LogP contribution is 2.43. The van der Waals surface area contributed by atoms with Crippen LogP contribution in [0.4, 0.5) is 11.4 Å². The van der Waals surface area contributed by atoms with Crippen LogP contribution in [0.25, 0.3) is 77.2 Å². The van der Waals surface area contributed by atoms with Gasteiger partial charge in [0.25, 0.3) is 0 Å². The summed E-state index contributed by atoms with van der Waals surface area (Å²) in [4.78, 5) is 2.32. The lowest BCUT2D eigenvalue weighted by Crippen LogP contribution is -2.57. The van der Waals surface area contributed by atoms with Gasteiger partial charge >= 0.3 is 6.85 Å². The molecule has 1 aliphatic rings. The first-order valence-corrected chi connectivity index (χ1v) is 19.0. The maximum atomic E-state index is 9.16. The van der Waals surface area contributed by atoms with Gasteiger partial charge in [0.2, 0.25) is 0 Å². The van der Waals surface area contributed by atoms with Crippen LogP contribution in [0.2, 0.25) is 0 Å². The molecule has 0 spiro atoms. The number of para-hydroxylation sites is 4. The van der Waals surface area contributed by atoms with Crippen LogP contribution in [0.5, 0.6) is 0 Å². The summed E-state index contributed by atoms with van der Waals surface area (Å²) in [6, 6.07) is 39.7. The van der Waals surface area contributed by atoms with Crippen molar-refractivity contribution in [1.29, 1.82) is 0 Å². The summed E-state index contributed by atoms with van der Waals surface area (Å²) < 4.78 is 118. The molecule has 2 aromatic heterocycles. The van der Waals surface area contributed by atoms with E-state index in [1.807, 2.05) is 71.3 Å². The highest BCUT2D eigenvalue weighted by molar-refractivity contribution is 6.90. The lowest BCUT2D eigenvalue weighted by Gasteiger charge is -2.39. The highest BCUT2D eigenvalue weighted by Gasteiger charge is 2.37. The molecule has 0 radical (unpaired) electrons. The minimum Gasteiger partial charge on any atom is -0.376 e. The summed E-state index contributed by atoms with van der Waals surface area (Å²) in [5.74, 6) is 0. The van der Waals surface area contributed by atoms with Crippen LogP contribution < -0.4 is 15.7 Å². The van der Waals surface area contributed by atoms with Gasteiger partial charge in [-0.15, -0.1) is 0 Å². The molecule has 0 bridgehead atoms. The Hall–Kier alpha value is -7.56. The van der Waals surface area contributed by atoms with Gasteiger partial charge in [-0.3, -0.25) is 0 Å². The van der Waals surface area contributed by atoms with Gasteiger partial charge in [-0.25, -0.2) is 0 Å².